The van der Waals surface area contributed by atoms with Crippen LogP contribution in [0.4, 0.5) is 0 Å². The van der Waals surface area contributed by atoms with E-state index in [9.17, 15) is 0 Å². The molecule has 1 aliphatic heterocycles. The van der Waals surface area contributed by atoms with Crippen molar-refractivity contribution in [3.8, 4) is 5.75 Å². The van der Waals surface area contributed by atoms with Crippen molar-refractivity contribution in [3.63, 3.8) is 0 Å². The van der Waals surface area contributed by atoms with Gasteiger partial charge in [-0.1, -0.05) is 18.2 Å². The van der Waals surface area contributed by atoms with Crippen LogP contribution in [0, 0.1) is 0 Å². The van der Waals surface area contributed by atoms with E-state index in [2.05, 4.69) is 18.2 Å². The van der Waals surface area contributed by atoms with E-state index in [1.54, 1.807) is 0 Å². The molecule has 0 unspecified atom stereocenters. The van der Waals surface area contributed by atoms with Crippen LogP contribution < -0.4 is 4.74 Å². The van der Waals surface area contributed by atoms with Crippen molar-refractivity contribution in [3.05, 3.63) is 29.3 Å². The minimum Gasteiger partial charge on any atom is -0.493 e. The van der Waals surface area contributed by atoms with Gasteiger partial charge in [0.15, 0.2) is 0 Å². The second kappa shape index (κ2) is 3.79. The maximum atomic E-state index is 5.55. The minimum atomic E-state index is 0.666. The van der Waals surface area contributed by atoms with Gasteiger partial charge >= 0.3 is 0 Å². The van der Waals surface area contributed by atoms with Crippen molar-refractivity contribution in [1.82, 2.24) is 0 Å². The standard InChI is InChI=1S/C11H14O2/c1-2-12-8-10-5-3-4-9-6-7-13-11(9)10/h3-5H,2,6-8H2,1H3. The summed E-state index contributed by atoms with van der Waals surface area (Å²) >= 11 is 0. The van der Waals surface area contributed by atoms with E-state index in [1.165, 1.54) is 11.1 Å². The third-order valence-corrected chi connectivity index (χ3v) is 2.26. The molecule has 0 saturated heterocycles. The van der Waals surface area contributed by atoms with Crippen molar-refractivity contribution in [2.24, 2.45) is 0 Å². The second-order valence-electron chi connectivity index (χ2n) is 3.14. The Kier molecular flexibility index (Phi) is 2.50. The molecule has 0 aromatic heterocycles. The first-order chi connectivity index (χ1) is 6.42. The summed E-state index contributed by atoms with van der Waals surface area (Å²) in [5, 5.41) is 0. The Labute approximate surface area is 78.5 Å². The van der Waals surface area contributed by atoms with Gasteiger partial charge in [-0.15, -0.1) is 0 Å². The molecule has 1 aliphatic rings. The van der Waals surface area contributed by atoms with E-state index < -0.39 is 0 Å². The summed E-state index contributed by atoms with van der Waals surface area (Å²) in [6.45, 7) is 4.24. The Morgan fingerprint density at radius 2 is 2.38 bits per heavy atom. The van der Waals surface area contributed by atoms with Crippen molar-refractivity contribution in [2.45, 2.75) is 20.0 Å². The van der Waals surface area contributed by atoms with Gasteiger partial charge in [0.1, 0.15) is 5.75 Å². The average Bonchev–Trinajstić information content (AvgIpc) is 2.62. The normalized spacial score (nSPS) is 13.9. The van der Waals surface area contributed by atoms with Gasteiger partial charge in [0, 0.05) is 18.6 Å². The number of ether oxygens (including phenoxy) is 2. The Bertz CT molecular complexity index is 294. The zero-order valence-electron chi connectivity index (χ0n) is 7.88. The van der Waals surface area contributed by atoms with E-state index in [-0.39, 0.29) is 0 Å². The van der Waals surface area contributed by atoms with Crippen molar-refractivity contribution in [1.29, 1.82) is 0 Å². The first kappa shape index (κ1) is 8.57. The summed E-state index contributed by atoms with van der Waals surface area (Å²) in [7, 11) is 0. The topological polar surface area (TPSA) is 18.5 Å². The number of rotatable bonds is 3. The molecule has 13 heavy (non-hydrogen) atoms. The van der Waals surface area contributed by atoms with Crippen molar-refractivity contribution >= 4 is 0 Å². The van der Waals surface area contributed by atoms with Gasteiger partial charge in [0.05, 0.1) is 13.2 Å². The van der Waals surface area contributed by atoms with Crippen LogP contribution in [0.25, 0.3) is 0 Å². The van der Waals surface area contributed by atoms with Crippen LogP contribution in [0.2, 0.25) is 0 Å². The monoisotopic (exact) mass is 178 g/mol. The molecule has 2 nitrogen and oxygen atoms in total. The smallest absolute Gasteiger partial charge is 0.128 e. The number of benzene rings is 1. The molecule has 0 aliphatic carbocycles. The molecule has 0 fully saturated rings. The Morgan fingerprint density at radius 1 is 1.46 bits per heavy atom. The maximum absolute atomic E-state index is 5.55. The molecule has 0 atom stereocenters. The predicted octanol–water partition coefficient (Wildman–Crippen LogP) is 2.16. The molecular weight excluding hydrogens is 164 g/mol. The molecule has 1 heterocycles. The Morgan fingerprint density at radius 3 is 3.23 bits per heavy atom. The summed E-state index contributed by atoms with van der Waals surface area (Å²) in [6.07, 6.45) is 1.04. The SMILES string of the molecule is CCOCc1cccc2c1OCC2. The molecule has 0 saturated carbocycles. The fourth-order valence-electron chi connectivity index (χ4n) is 1.61. The fraction of sp³-hybridized carbons (Fsp3) is 0.455. The van der Waals surface area contributed by atoms with Crippen LogP contribution in [0.5, 0.6) is 5.75 Å². The quantitative estimate of drug-likeness (QED) is 0.706. The van der Waals surface area contributed by atoms with Crippen LogP contribution in [-0.4, -0.2) is 13.2 Å². The fourth-order valence-corrected chi connectivity index (χ4v) is 1.61. The zero-order valence-corrected chi connectivity index (χ0v) is 7.88. The lowest BCUT2D eigenvalue weighted by Crippen LogP contribution is -1.95. The van der Waals surface area contributed by atoms with Crippen LogP contribution in [0.3, 0.4) is 0 Å². The minimum absolute atomic E-state index is 0.666. The van der Waals surface area contributed by atoms with Crippen LogP contribution >= 0.6 is 0 Å². The van der Waals surface area contributed by atoms with E-state index in [1.807, 2.05) is 6.92 Å². The number of hydrogen-bond acceptors (Lipinski definition) is 2. The van der Waals surface area contributed by atoms with Gasteiger partial charge in [0.25, 0.3) is 0 Å². The van der Waals surface area contributed by atoms with Crippen LogP contribution in [0.15, 0.2) is 18.2 Å². The largest absolute Gasteiger partial charge is 0.493 e. The molecule has 70 valence electrons. The van der Waals surface area contributed by atoms with Crippen LogP contribution in [-0.2, 0) is 17.8 Å². The lowest BCUT2D eigenvalue weighted by atomic mass is 10.1. The number of hydrogen-bond donors (Lipinski definition) is 0. The lowest BCUT2D eigenvalue weighted by molar-refractivity contribution is 0.132. The molecule has 0 radical (unpaired) electrons. The van der Waals surface area contributed by atoms with E-state index in [4.69, 9.17) is 9.47 Å². The predicted molar refractivity (Wildman–Crippen MR) is 51.0 cm³/mol. The van der Waals surface area contributed by atoms with Crippen molar-refractivity contribution < 1.29 is 9.47 Å². The second-order valence-corrected chi connectivity index (χ2v) is 3.14. The number of fused-ring (bicyclic) bond motifs is 1. The van der Waals surface area contributed by atoms with E-state index >= 15 is 0 Å². The summed E-state index contributed by atoms with van der Waals surface area (Å²) in [4.78, 5) is 0. The third kappa shape index (κ3) is 1.68. The van der Waals surface area contributed by atoms with Gasteiger partial charge in [-0.05, 0) is 12.5 Å². The van der Waals surface area contributed by atoms with Crippen molar-refractivity contribution in [2.75, 3.05) is 13.2 Å². The molecule has 1 aromatic carbocycles. The molecule has 0 spiro atoms. The summed E-state index contributed by atoms with van der Waals surface area (Å²) in [5.74, 6) is 1.05. The Balaban J connectivity index is 2.20. The third-order valence-electron chi connectivity index (χ3n) is 2.26. The maximum Gasteiger partial charge on any atom is 0.128 e. The highest BCUT2D eigenvalue weighted by Gasteiger charge is 2.15. The highest BCUT2D eigenvalue weighted by atomic mass is 16.5. The molecule has 0 N–H and O–H groups in total. The molecular formula is C11H14O2. The average molecular weight is 178 g/mol. The first-order valence-electron chi connectivity index (χ1n) is 4.73. The molecule has 1 aromatic rings. The summed E-state index contributed by atoms with van der Waals surface area (Å²) in [6, 6.07) is 6.26. The zero-order chi connectivity index (χ0) is 9.10. The van der Waals surface area contributed by atoms with E-state index in [0.29, 0.717) is 6.61 Å². The van der Waals surface area contributed by atoms with Gasteiger partial charge in [-0.3, -0.25) is 0 Å². The Hall–Kier alpha value is -1.02. The van der Waals surface area contributed by atoms with Gasteiger partial charge < -0.3 is 9.47 Å². The molecule has 0 amide bonds. The first-order valence-corrected chi connectivity index (χ1v) is 4.73. The highest BCUT2D eigenvalue weighted by Crippen LogP contribution is 2.29. The summed E-state index contributed by atoms with van der Waals surface area (Å²) < 4.78 is 10.9. The van der Waals surface area contributed by atoms with Gasteiger partial charge in [0.2, 0.25) is 0 Å². The highest BCUT2D eigenvalue weighted by molar-refractivity contribution is 5.43. The lowest BCUT2D eigenvalue weighted by Gasteiger charge is -2.07. The number of para-hydroxylation sites is 1. The van der Waals surface area contributed by atoms with E-state index in [0.717, 1.165) is 25.4 Å². The molecule has 2 heteroatoms. The van der Waals surface area contributed by atoms with Crippen LogP contribution in [0.1, 0.15) is 18.1 Å². The molecule has 2 rings (SSSR count). The van der Waals surface area contributed by atoms with Gasteiger partial charge in [-0.25, -0.2) is 0 Å². The summed E-state index contributed by atoms with van der Waals surface area (Å²) in [5.41, 5.74) is 2.49. The van der Waals surface area contributed by atoms with Gasteiger partial charge in [-0.2, -0.15) is 0 Å². The molecule has 0 bridgehead atoms.